The average molecular weight is 545 g/mol. The van der Waals surface area contributed by atoms with Crippen molar-refractivity contribution in [2.45, 2.75) is 39.2 Å². The first-order valence-electron chi connectivity index (χ1n) is 13.0. The fraction of sp³-hybridized carbons (Fsp3) is 0.519. The Hall–Kier alpha value is -3.05. The van der Waals surface area contributed by atoms with E-state index in [-0.39, 0.29) is 18.2 Å². The smallest absolute Gasteiger partial charge is 0.227 e. The molecular formula is C27H37FN6O3S. The van der Waals surface area contributed by atoms with E-state index in [2.05, 4.69) is 51.1 Å². The molecule has 0 saturated carbocycles. The summed E-state index contributed by atoms with van der Waals surface area (Å²) in [6.07, 6.45) is 4.74. The zero-order chi connectivity index (χ0) is 27.4. The van der Waals surface area contributed by atoms with Crippen molar-refractivity contribution in [3.63, 3.8) is 0 Å². The lowest BCUT2D eigenvalue weighted by atomic mass is 9.93. The van der Waals surface area contributed by atoms with Gasteiger partial charge in [-0.05, 0) is 48.4 Å². The molecule has 0 amide bonds. The van der Waals surface area contributed by atoms with Crippen LogP contribution >= 0.6 is 0 Å². The molecule has 1 fully saturated rings. The molecule has 3 heterocycles. The van der Waals surface area contributed by atoms with Gasteiger partial charge in [0.05, 0.1) is 11.9 Å². The molecule has 0 unspecified atom stereocenters. The molecule has 206 valence electrons. The standard InChI is InChI=1S/C27H37FN6O3S/c1-18(2)21-5-6-24(34-15-20(16-34)17-38(4,36)37)23-14-30-26(13-22(21)23)31-25-7-10-29-27(32-25)33(12-9-28)11-8-19(3)35/h5-7,10,13-14,18-20,35H,8-9,11-12,15-17H2,1-4H3,(H,29,30,31,32)/t19-/m0/s1. The van der Waals surface area contributed by atoms with Crippen LogP contribution in [-0.2, 0) is 9.84 Å². The van der Waals surface area contributed by atoms with E-state index in [9.17, 15) is 17.9 Å². The molecule has 11 heteroatoms. The van der Waals surface area contributed by atoms with Crippen molar-refractivity contribution in [2.75, 3.05) is 60.0 Å². The second-order valence-corrected chi connectivity index (χ2v) is 12.7. The minimum Gasteiger partial charge on any atom is -0.393 e. The average Bonchev–Trinajstić information content (AvgIpc) is 2.82. The number of fused-ring (bicyclic) bond motifs is 1. The van der Waals surface area contributed by atoms with E-state index in [4.69, 9.17) is 0 Å². The van der Waals surface area contributed by atoms with E-state index >= 15 is 0 Å². The molecule has 1 saturated heterocycles. The van der Waals surface area contributed by atoms with Crippen molar-refractivity contribution < 1.29 is 17.9 Å². The van der Waals surface area contributed by atoms with Crippen molar-refractivity contribution >= 4 is 43.9 Å². The fourth-order valence-corrected chi connectivity index (χ4v) is 5.92. The monoisotopic (exact) mass is 544 g/mol. The largest absolute Gasteiger partial charge is 0.393 e. The maximum Gasteiger partial charge on any atom is 0.227 e. The van der Waals surface area contributed by atoms with Crippen LogP contribution in [0.1, 0.15) is 38.7 Å². The van der Waals surface area contributed by atoms with Gasteiger partial charge < -0.3 is 20.2 Å². The van der Waals surface area contributed by atoms with Crippen molar-refractivity contribution in [1.82, 2.24) is 15.0 Å². The number of alkyl halides is 1. The van der Waals surface area contributed by atoms with Gasteiger partial charge in [0.1, 0.15) is 28.1 Å². The third kappa shape index (κ3) is 6.87. The maximum atomic E-state index is 13.1. The fourth-order valence-electron chi connectivity index (χ4n) is 4.85. The van der Waals surface area contributed by atoms with Gasteiger partial charge in [0.15, 0.2) is 0 Å². The minimum atomic E-state index is -3.00. The molecule has 0 aliphatic carbocycles. The molecule has 0 spiro atoms. The van der Waals surface area contributed by atoms with Gasteiger partial charge in [0.2, 0.25) is 5.95 Å². The number of anilines is 4. The summed E-state index contributed by atoms with van der Waals surface area (Å²) in [5.41, 5.74) is 2.25. The lowest BCUT2D eigenvalue weighted by Crippen LogP contribution is -2.49. The Labute approximate surface area is 224 Å². The lowest BCUT2D eigenvalue weighted by molar-refractivity contribution is 0.186. The van der Waals surface area contributed by atoms with Crippen molar-refractivity contribution in [2.24, 2.45) is 5.92 Å². The number of halogens is 1. The van der Waals surface area contributed by atoms with E-state index in [0.29, 0.717) is 49.6 Å². The Kier molecular flexibility index (Phi) is 8.67. The number of aliphatic hydroxyl groups is 1. The number of hydrogen-bond acceptors (Lipinski definition) is 9. The Bertz CT molecular complexity index is 1360. The van der Waals surface area contributed by atoms with Gasteiger partial charge in [0, 0.05) is 61.8 Å². The molecule has 0 radical (unpaired) electrons. The normalized spacial score (nSPS) is 15.1. The molecule has 1 aliphatic heterocycles. The molecule has 4 rings (SSSR count). The van der Waals surface area contributed by atoms with Crippen LogP contribution in [0.3, 0.4) is 0 Å². The first-order chi connectivity index (χ1) is 18.0. The highest BCUT2D eigenvalue weighted by Gasteiger charge is 2.31. The number of aliphatic hydroxyl groups excluding tert-OH is 1. The van der Waals surface area contributed by atoms with Crippen LogP contribution in [0.4, 0.5) is 27.7 Å². The topological polar surface area (TPSA) is 112 Å². The number of rotatable bonds is 12. The van der Waals surface area contributed by atoms with E-state index in [1.54, 1.807) is 24.1 Å². The van der Waals surface area contributed by atoms with Gasteiger partial charge in [-0.3, -0.25) is 0 Å². The molecule has 38 heavy (non-hydrogen) atoms. The summed E-state index contributed by atoms with van der Waals surface area (Å²) in [6, 6.07) is 7.98. The van der Waals surface area contributed by atoms with Crippen LogP contribution in [0.5, 0.6) is 0 Å². The van der Waals surface area contributed by atoms with Gasteiger partial charge in [-0.15, -0.1) is 0 Å². The Morgan fingerprint density at radius 3 is 2.55 bits per heavy atom. The number of hydrogen-bond donors (Lipinski definition) is 2. The SMILES string of the molecule is CC(C)c1ccc(N2CC(CS(C)(=O)=O)C2)c2cnc(Nc3ccnc(N(CCF)CC[C@H](C)O)n3)cc12. The first kappa shape index (κ1) is 28.0. The molecule has 1 atom stereocenters. The molecule has 2 aromatic heterocycles. The van der Waals surface area contributed by atoms with Crippen LogP contribution in [0.2, 0.25) is 0 Å². The summed E-state index contributed by atoms with van der Waals surface area (Å²) in [7, 11) is -3.00. The van der Waals surface area contributed by atoms with E-state index < -0.39 is 22.6 Å². The summed E-state index contributed by atoms with van der Waals surface area (Å²) in [4.78, 5) is 17.5. The zero-order valence-electron chi connectivity index (χ0n) is 22.4. The number of benzene rings is 1. The molecular weight excluding hydrogens is 507 g/mol. The van der Waals surface area contributed by atoms with Crippen LogP contribution in [0.15, 0.2) is 36.7 Å². The Morgan fingerprint density at radius 2 is 1.89 bits per heavy atom. The minimum absolute atomic E-state index is 0.142. The lowest BCUT2D eigenvalue weighted by Gasteiger charge is -2.41. The summed E-state index contributed by atoms with van der Waals surface area (Å²) < 4.78 is 36.5. The predicted molar refractivity (Wildman–Crippen MR) is 151 cm³/mol. The number of nitrogens with zero attached hydrogens (tertiary/aromatic N) is 5. The quantitative estimate of drug-likeness (QED) is 0.350. The highest BCUT2D eigenvalue weighted by Crippen LogP contribution is 2.37. The number of sulfone groups is 1. The number of nitrogens with one attached hydrogen (secondary N) is 1. The van der Waals surface area contributed by atoms with Crippen molar-refractivity contribution in [3.05, 3.63) is 42.2 Å². The van der Waals surface area contributed by atoms with Crippen molar-refractivity contribution in [1.29, 1.82) is 0 Å². The predicted octanol–water partition coefficient (Wildman–Crippen LogP) is 3.92. The van der Waals surface area contributed by atoms with E-state index in [0.717, 1.165) is 16.5 Å². The van der Waals surface area contributed by atoms with Gasteiger partial charge in [-0.1, -0.05) is 19.9 Å². The molecule has 0 bridgehead atoms. The molecule has 9 nitrogen and oxygen atoms in total. The second kappa shape index (κ2) is 11.8. The number of aromatic nitrogens is 3. The summed E-state index contributed by atoms with van der Waals surface area (Å²) >= 11 is 0. The summed E-state index contributed by atoms with van der Waals surface area (Å²) in [5, 5.41) is 15.0. The molecule has 3 aromatic rings. The van der Waals surface area contributed by atoms with Crippen LogP contribution in [-0.4, -0.2) is 79.4 Å². The van der Waals surface area contributed by atoms with Crippen molar-refractivity contribution in [3.8, 4) is 0 Å². The summed E-state index contributed by atoms with van der Waals surface area (Å²) in [6.45, 7) is 7.46. The second-order valence-electron chi connectivity index (χ2n) is 10.5. The molecule has 1 aliphatic rings. The Morgan fingerprint density at radius 1 is 1.13 bits per heavy atom. The first-order valence-corrected chi connectivity index (χ1v) is 15.0. The van der Waals surface area contributed by atoms with Gasteiger partial charge in [-0.2, -0.15) is 4.98 Å². The summed E-state index contributed by atoms with van der Waals surface area (Å²) in [5.74, 6) is 2.20. The third-order valence-electron chi connectivity index (χ3n) is 6.72. The highest BCUT2D eigenvalue weighted by molar-refractivity contribution is 7.90. The maximum absolute atomic E-state index is 13.1. The number of pyridine rings is 1. The van der Waals surface area contributed by atoms with E-state index in [1.807, 2.05) is 12.3 Å². The molecule has 1 aromatic carbocycles. The highest BCUT2D eigenvalue weighted by atomic mass is 32.2. The van der Waals surface area contributed by atoms with Crippen LogP contribution in [0.25, 0.3) is 10.8 Å². The van der Waals surface area contributed by atoms with Gasteiger partial charge in [-0.25, -0.2) is 22.8 Å². The molecule has 2 N–H and O–H groups in total. The van der Waals surface area contributed by atoms with Gasteiger partial charge >= 0.3 is 0 Å². The van der Waals surface area contributed by atoms with Gasteiger partial charge in [0.25, 0.3) is 0 Å². The van der Waals surface area contributed by atoms with Crippen LogP contribution < -0.4 is 15.1 Å². The third-order valence-corrected chi connectivity index (χ3v) is 7.80. The van der Waals surface area contributed by atoms with Crippen LogP contribution in [0, 0.1) is 5.92 Å². The zero-order valence-corrected chi connectivity index (χ0v) is 23.2. The van der Waals surface area contributed by atoms with E-state index in [1.165, 1.54) is 11.8 Å². The Balaban J connectivity index is 1.59.